The Morgan fingerprint density at radius 1 is 1.06 bits per heavy atom. The molecule has 0 fully saturated rings. The van der Waals surface area contributed by atoms with Crippen molar-refractivity contribution in [1.82, 2.24) is 20.1 Å². The molecule has 1 amide bonds. The molecule has 4 rings (SSSR count). The summed E-state index contributed by atoms with van der Waals surface area (Å²) in [4.78, 5) is 30.2. The van der Waals surface area contributed by atoms with Crippen LogP contribution in [0.3, 0.4) is 0 Å². The molecular formula is C25H19F3N4O3S. The molecule has 184 valence electrons. The molecule has 0 aliphatic carbocycles. The predicted molar refractivity (Wildman–Crippen MR) is 130 cm³/mol. The van der Waals surface area contributed by atoms with Gasteiger partial charge >= 0.3 is 18.9 Å². The Morgan fingerprint density at radius 2 is 1.83 bits per heavy atom. The summed E-state index contributed by atoms with van der Waals surface area (Å²) in [5.74, 6) is -0.268. The van der Waals surface area contributed by atoms with E-state index in [9.17, 15) is 22.8 Å². The first-order chi connectivity index (χ1) is 17.4. The van der Waals surface area contributed by atoms with Gasteiger partial charge in [0.05, 0.1) is 22.5 Å². The van der Waals surface area contributed by atoms with Gasteiger partial charge in [0.15, 0.2) is 0 Å². The highest BCUT2D eigenvalue weighted by atomic mass is 32.2. The van der Waals surface area contributed by atoms with Crippen LogP contribution in [0.5, 0.6) is 0 Å². The van der Waals surface area contributed by atoms with Gasteiger partial charge in [0, 0.05) is 28.4 Å². The molecule has 4 aromatic rings. The van der Waals surface area contributed by atoms with Gasteiger partial charge in [-0.25, -0.2) is 13.6 Å². The first kappa shape index (κ1) is 25.0. The van der Waals surface area contributed by atoms with Gasteiger partial charge in [-0.3, -0.25) is 9.78 Å². The van der Waals surface area contributed by atoms with E-state index in [-0.39, 0.29) is 11.4 Å². The molecule has 0 aliphatic rings. The van der Waals surface area contributed by atoms with Crippen molar-refractivity contribution >= 4 is 46.8 Å². The number of nitrogens with zero attached hydrogens (tertiary/aromatic N) is 3. The maximum absolute atomic E-state index is 13.5. The van der Waals surface area contributed by atoms with Crippen molar-refractivity contribution in [2.75, 3.05) is 7.05 Å². The Morgan fingerprint density at radius 3 is 2.56 bits per heavy atom. The molecule has 0 bridgehead atoms. The number of ether oxygens (including phenoxy) is 1. The molecule has 2 heterocycles. The molecule has 2 aromatic carbocycles. The van der Waals surface area contributed by atoms with E-state index < -0.39 is 18.9 Å². The highest BCUT2D eigenvalue weighted by molar-refractivity contribution is 7.99. The number of carbonyl (C=O) groups excluding carboxylic acids is 2. The summed E-state index contributed by atoms with van der Waals surface area (Å²) in [5, 5.41) is 7.24. The summed E-state index contributed by atoms with van der Waals surface area (Å²) in [7, 11) is 1.53. The number of amides is 1. The SMILES string of the molecule is CNC(=O)c1ccccc1Sc1ccc2c(/C=C/c3ccccn3)nn(C(=O)OC(F)C(F)F)c2c1. The van der Waals surface area contributed by atoms with E-state index in [1.165, 1.54) is 18.8 Å². The number of hydrogen-bond acceptors (Lipinski definition) is 6. The zero-order valence-corrected chi connectivity index (χ0v) is 19.6. The Balaban J connectivity index is 1.75. The van der Waals surface area contributed by atoms with E-state index in [1.54, 1.807) is 79.0 Å². The van der Waals surface area contributed by atoms with E-state index in [0.717, 1.165) is 4.68 Å². The smallest absolute Gasteiger partial charge is 0.407 e. The van der Waals surface area contributed by atoms with Crippen molar-refractivity contribution in [2.45, 2.75) is 22.6 Å². The van der Waals surface area contributed by atoms with Crippen LogP contribution in [0, 0.1) is 0 Å². The second-order valence-electron chi connectivity index (χ2n) is 7.31. The number of fused-ring (bicyclic) bond motifs is 1. The van der Waals surface area contributed by atoms with Gasteiger partial charge in [-0.2, -0.15) is 14.2 Å². The molecule has 0 spiro atoms. The fourth-order valence-corrected chi connectivity index (χ4v) is 4.26. The topological polar surface area (TPSA) is 86.1 Å². The Labute approximate surface area is 208 Å². The van der Waals surface area contributed by atoms with Crippen LogP contribution in [0.25, 0.3) is 23.1 Å². The van der Waals surface area contributed by atoms with Crippen molar-refractivity contribution in [1.29, 1.82) is 0 Å². The van der Waals surface area contributed by atoms with Gasteiger partial charge in [-0.1, -0.05) is 30.0 Å². The lowest BCUT2D eigenvalue weighted by Crippen LogP contribution is -2.25. The quantitative estimate of drug-likeness (QED) is 0.344. The maximum Gasteiger partial charge on any atom is 0.438 e. The average molecular weight is 513 g/mol. The zero-order chi connectivity index (χ0) is 25.7. The minimum Gasteiger partial charge on any atom is -0.407 e. The summed E-state index contributed by atoms with van der Waals surface area (Å²) in [5.41, 5.74) is 1.61. The van der Waals surface area contributed by atoms with Gasteiger partial charge in [-0.15, -0.1) is 0 Å². The number of alkyl halides is 3. The fraction of sp³-hybridized carbons (Fsp3) is 0.120. The highest BCUT2D eigenvalue weighted by Gasteiger charge is 2.26. The zero-order valence-electron chi connectivity index (χ0n) is 18.8. The molecule has 0 saturated carbocycles. The lowest BCUT2D eigenvalue weighted by atomic mass is 10.2. The number of rotatable bonds is 7. The third-order valence-corrected chi connectivity index (χ3v) is 6.02. The van der Waals surface area contributed by atoms with Crippen LogP contribution >= 0.6 is 11.8 Å². The molecule has 0 saturated heterocycles. The van der Waals surface area contributed by atoms with E-state index in [2.05, 4.69) is 20.1 Å². The molecule has 36 heavy (non-hydrogen) atoms. The molecule has 2 aromatic heterocycles. The predicted octanol–water partition coefficient (Wildman–Crippen LogP) is 5.66. The van der Waals surface area contributed by atoms with Crippen molar-refractivity contribution in [3.8, 4) is 0 Å². The highest BCUT2D eigenvalue weighted by Crippen LogP contribution is 2.33. The summed E-state index contributed by atoms with van der Waals surface area (Å²) in [6.07, 6.45) is -3.11. The van der Waals surface area contributed by atoms with Gasteiger partial charge in [-0.05, 0) is 54.6 Å². The van der Waals surface area contributed by atoms with Crippen LogP contribution in [0.4, 0.5) is 18.0 Å². The molecule has 1 N–H and O–H groups in total. The van der Waals surface area contributed by atoms with E-state index in [4.69, 9.17) is 0 Å². The largest absolute Gasteiger partial charge is 0.438 e. The molecule has 11 heteroatoms. The second kappa shape index (κ2) is 11.1. The van der Waals surface area contributed by atoms with Crippen molar-refractivity contribution < 1.29 is 27.5 Å². The van der Waals surface area contributed by atoms with Gasteiger partial charge < -0.3 is 10.1 Å². The lowest BCUT2D eigenvalue weighted by Gasteiger charge is -2.10. The summed E-state index contributed by atoms with van der Waals surface area (Å²) in [6, 6.07) is 17.3. The van der Waals surface area contributed by atoms with Gasteiger partial charge in [0.25, 0.3) is 5.91 Å². The van der Waals surface area contributed by atoms with Crippen LogP contribution in [-0.4, -0.2) is 46.6 Å². The minimum absolute atomic E-state index is 0.213. The third kappa shape index (κ3) is 5.57. The summed E-state index contributed by atoms with van der Waals surface area (Å²) in [6.45, 7) is 0. The van der Waals surface area contributed by atoms with Crippen LogP contribution in [-0.2, 0) is 4.74 Å². The van der Waals surface area contributed by atoms with E-state index in [0.29, 0.717) is 32.1 Å². The van der Waals surface area contributed by atoms with Gasteiger partial charge in [0.2, 0.25) is 0 Å². The van der Waals surface area contributed by atoms with Crippen LogP contribution < -0.4 is 5.32 Å². The fourth-order valence-electron chi connectivity index (χ4n) is 3.29. The number of aromatic nitrogens is 3. The van der Waals surface area contributed by atoms with Crippen molar-refractivity contribution in [3.63, 3.8) is 0 Å². The molecule has 0 radical (unpaired) electrons. The van der Waals surface area contributed by atoms with Crippen molar-refractivity contribution in [3.05, 3.63) is 83.8 Å². The molecule has 0 aliphatic heterocycles. The third-order valence-electron chi connectivity index (χ3n) is 4.95. The summed E-state index contributed by atoms with van der Waals surface area (Å²) >= 11 is 1.26. The number of carbonyl (C=O) groups is 2. The normalized spacial score (nSPS) is 12.2. The lowest BCUT2D eigenvalue weighted by molar-refractivity contribution is -0.0904. The Hall–Kier alpha value is -4.12. The van der Waals surface area contributed by atoms with E-state index >= 15 is 0 Å². The summed E-state index contributed by atoms with van der Waals surface area (Å²) < 4.78 is 43.7. The monoisotopic (exact) mass is 512 g/mol. The van der Waals surface area contributed by atoms with Crippen LogP contribution in [0.2, 0.25) is 0 Å². The number of hydrogen-bond donors (Lipinski definition) is 1. The van der Waals surface area contributed by atoms with Crippen LogP contribution in [0.1, 0.15) is 21.7 Å². The van der Waals surface area contributed by atoms with Gasteiger partial charge in [0.1, 0.15) is 0 Å². The number of nitrogens with one attached hydrogen (secondary N) is 1. The first-order valence-electron chi connectivity index (χ1n) is 10.6. The number of halogens is 3. The molecular weight excluding hydrogens is 493 g/mol. The molecule has 1 unspecified atom stereocenters. The second-order valence-corrected chi connectivity index (χ2v) is 8.43. The Bertz CT molecular complexity index is 1430. The average Bonchev–Trinajstić information content (AvgIpc) is 3.25. The molecule has 7 nitrogen and oxygen atoms in total. The first-order valence-corrected chi connectivity index (χ1v) is 11.4. The number of benzene rings is 2. The number of pyridine rings is 1. The van der Waals surface area contributed by atoms with Crippen molar-refractivity contribution in [2.24, 2.45) is 0 Å². The van der Waals surface area contributed by atoms with E-state index in [1.807, 2.05) is 0 Å². The van der Waals surface area contributed by atoms with Crippen LogP contribution in [0.15, 0.2) is 76.7 Å². The minimum atomic E-state index is -3.49. The Kier molecular flexibility index (Phi) is 7.69. The standard InChI is InChI=1S/C25H19F3N4O3S/c1-29-24(33)18-7-2-3-8-21(18)36-16-10-11-17-19(12-9-15-6-4-5-13-30-15)31-32(20(17)14-16)25(34)35-23(28)22(26)27/h2-14,22-23H,1H3,(H,29,33)/b12-9+. The molecule has 1 atom stereocenters. The maximum atomic E-state index is 13.5.